The van der Waals surface area contributed by atoms with Gasteiger partial charge in [-0.25, -0.2) is 0 Å². The van der Waals surface area contributed by atoms with Gasteiger partial charge in [0, 0.05) is 13.2 Å². The summed E-state index contributed by atoms with van der Waals surface area (Å²) in [6.45, 7) is 8.97. The first-order valence-electron chi connectivity index (χ1n) is 11.5. The molecule has 0 saturated heterocycles. The minimum atomic E-state index is -0.589. The number of carbonyl (C=O) groups excluding carboxylic acids is 1. The Morgan fingerprint density at radius 1 is 1.15 bits per heavy atom. The maximum atomic E-state index is 13.7. The van der Waals surface area contributed by atoms with Gasteiger partial charge in [-0.1, -0.05) is 32.0 Å². The number of aliphatic hydroxyl groups excluding tert-OH is 1. The van der Waals surface area contributed by atoms with Crippen molar-refractivity contribution in [3.05, 3.63) is 74.6 Å². The molecule has 1 aliphatic heterocycles. The van der Waals surface area contributed by atoms with Crippen LogP contribution in [-0.2, 0) is 0 Å². The van der Waals surface area contributed by atoms with Crippen LogP contribution in [0.4, 0.5) is 0 Å². The fourth-order valence-corrected chi connectivity index (χ4v) is 4.48. The maximum absolute atomic E-state index is 13.7. The van der Waals surface area contributed by atoms with Crippen LogP contribution in [0.5, 0.6) is 5.75 Å². The van der Waals surface area contributed by atoms with Gasteiger partial charge in [0.1, 0.15) is 11.3 Å². The smallest absolute Gasteiger partial charge is 0.290 e. The van der Waals surface area contributed by atoms with Gasteiger partial charge in [0.05, 0.1) is 23.6 Å². The molecule has 0 saturated carbocycles. The van der Waals surface area contributed by atoms with E-state index in [0.717, 1.165) is 23.1 Å². The van der Waals surface area contributed by atoms with Crippen molar-refractivity contribution in [2.75, 3.05) is 19.8 Å². The third kappa shape index (κ3) is 4.40. The number of aliphatic hydroxyl groups is 1. The lowest BCUT2D eigenvalue weighted by Gasteiger charge is -2.25. The first kappa shape index (κ1) is 23.1. The van der Waals surface area contributed by atoms with E-state index in [2.05, 4.69) is 13.8 Å². The molecular formula is C27H31NO5. The molecule has 3 aromatic rings. The molecule has 1 amide bonds. The SMILES string of the molecule is Cc1cc(C)c2oc3c(c(=O)c2c1)[C@@H](c1cccc(OCCC(C)C)c1)N(CCCO)C3=O. The van der Waals surface area contributed by atoms with E-state index in [4.69, 9.17) is 9.15 Å². The minimum absolute atomic E-state index is 0.0488. The predicted molar refractivity (Wildman–Crippen MR) is 128 cm³/mol. The highest BCUT2D eigenvalue weighted by Crippen LogP contribution is 2.39. The van der Waals surface area contributed by atoms with Crippen molar-refractivity contribution in [1.82, 2.24) is 4.90 Å². The number of amides is 1. The van der Waals surface area contributed by atoms with E-state index in [0.29, 0.717) is 47.8 Å². The van der Waals surface area contributed by atoms with Gasteiger partial charge in [-0.15, -0.1) is 0 Å². The van der Waals surface area contributed by atoms with Crippen molar-refractivity contribution in [3.63, 3.8) is 0 Å². The van der Waals surface area contributed by atoms with E-state index in [9.17, 15) is 14.7 Å². The third-order valence-electron chi connectivity index (χ3n) is 6.09. The van der Waals surface area contributed by atoms with Crippen LogP contribution in [0, 0.1) is 19.8 Å². The monoisotopic (exact) mass is 449 g/mol. The van der Waals surface area contributed by atoms with E-state index in [-0.39, 0.29) is 23.7 Å². The van der Waals surface area contributed by atoms with E-state index in [1.165, 1.54) is 0 Å². The van der Waals surface area contributed by atoms with Crippen LogP contribution in [0.15, 0.2) is 45.6 Å². The molecule has 1 atom stereocenters. The van der Waals surface area contributed by atoms with Crippen LogP contribution in [-0.4, -0.2) is 35.7 Å². The van der Waals surface area contributed by atoms with Gasteiger partial charge < -0.3 is 19.2 Å². The predicted octanol–water partition coefficient (Wildman–Crippen LogP) is 4.76. The highest BCUT2D eigenvalue weighted by molar-refractivity contribution is 5.99. The summed E-state index contributed by atoms with van der Waals surface area (Å²) >= 11 is 0. The van der Waals surface area contributed by atoms with Gasteiger partial charge in [0.2, 0.25) is 5.76 Å². The third-order valence-corrected chi connectivity index (χ3v) is 6.09. The molecule has 174 valence electrons. The lowest BCUT2D eigenvalue weighted by molar-refractivity contribution is 0.0716. The highest BCUT2D eigenvalue weighted by Gasteiger charge is 2.42. The normalized spacial score (nSPS) is 15.5. The summed E-state index contributed by atoms with van der Waals surface area (Å²) < 4.78 is 12.0. The van der Waals surface area contributed by atoms with Crippen molar-refractivity contribution >= 4 is 16.9 Å². The Kier molecular flexibility index (Phi) is 6.56. The minimum Gasteiger partial charge on any atom is -0.494 e. The Morgan fingerprint density at radius 2 is 1.94 bits per heavy atom. The fourth-order valence-electron chi connectivity index (χ4n) is 4.48. The Morgan fingerprint density at radius 3 is 2.67 bits per heavy atom. The molecular weight excluding hydrogens is 418 g/mol. The summed E-state index contributed by atoms with van der Waals surface area (Å²) in [4.78, 5) is 28.7. The van der Waals surface area contributed by atoms with Crippen LogP contribution >= 0.6 is 0 Å². The van der Waals surface area contributed by atoms with Gasteiger partial charge in [-0.05, 0) is 67.5 Å². The average Bonchev–Trinajstić information content (AvgIpc) is 3.05. The number of nitrogens with zero attached hydrogens (tertiary/aromatic N) is 1. The van der Waals surface area contributed by atoms with Crippen molar-refractivity contribution in [2.24, 2.45) is 5.92 Å². The largest absolute Gasteiger partial charge is 0.494 e. The Bertz CT molecular complexity index is 1240. The summed E-state index contributed by atoms with van der Waals surface area (Å²) in [5, 5.41) is 9.89. The first-order valence-corrected chi connectivity index (χ1v) is 11.5. The van der Waals surface area contributed by atoms with Crippen molar-refractivity contribution in [3.8, 4) is 5.75 Å². The molecule has 1 aromatic heterocycles. The zero-order chi connectivity index (χ0) is 23.7. The van der Waals surface area contributed by atoms with Crippen molar-refractivity contribution < 1.29 is 19.1 Å². The molecule has 2 aromatic carbocycles. The zero-order valence-electron chi connectivity index (χ0n) is 19.7. The Balaban J connectivity index is 1.84. The topological polar surface area (TPSA) is 80.0 Å². The van der Waals surface area contributed by atoms with Crippen molar-refractivity contribution in [2.45, 2.75) is 46.6 Å². The number of fused-ring (bicyclic) bond motifs is 2. The van der Waals surface area contributed by atoms with Crippen molar-refractivity contribution in [1.29, 1.82) is 0 Å². The quantitative estimate of drug-likeness (QED) is 0.536. The number of ether oxygens (including phenoxy) is 1. The van der Waals surface area contributed by atoms with E-state index in [1.807, 2.05) is 50.2 Å². The van der Waals surface area contributed by atoms with Gasteiger partial charge in [-0.3, -0.25) is 9.59 Å². The summed E-state index contributed by atoms with van der Waals surface area (Å²) in [7, 11) is 0. The maximum Gasteiger partial charge on any atom is 0.290 e. The first-order chi connectivity index (χ1) is 15.8. The molecule has 6 nitrogen and oxygen atoms in total. The molecule has 1 N–H and O–H groups in total. The summed E-state index contributed by atoms with van der Waals surface area (Å²) in [5.74, 6) is 1.00. The number of hydrogen-bond acceptors (Lipinski definition) is 5. The molecule has 4 rings (SSSR count). The summed E-state index contributed by atoms with van der Waals surface area (Å²) in [5.41, 5.74) is 3.20. The fraction of sp³-hybridized carbons (Fsp3) is 0.407. The number of aryl methyl sites for hydroxylation is 2. The zero-order valence-corrected chi connectivity index (χ0v) is 19.7. The molecule has 33 heavy (non-hydrogen) atoms. The van der Waals surface area contributed by atoms with Gasteiger partial charge in [0.25, 0.3) is 5.91 Å². The lowest BCUT2D eigenvalue weighted by atomic mass is 9.97. The second-order valence-corrected chi connectivity index (χ2v) is 9.21. The van der Waals surface area contributed by atoms with Gasteiger partial charge in [0.15, 0.2) is 5.43 Å². The van der Waals surface area contributed by atoms with Crippen LogP contribution in [0.2, 0.25) is 0 Å². The van der Waals surface area contributed by atoms with Crippen LogP contribution in [0.25, 0.3) is 11.0 Å². The molecule has 0 unspecified atom stereocenters. The summed E-state index contributed by atoms with van der Waals surface area (Å²) in [6, 6.07) is 10.7. The number of benzene rings is 2. The standard InChI is InChI=1S/C27H31NO5/c1-16(2)9-12-32-20-8-5-7-19(15-20)23-22-24(30)21-14-17(3)13-18(4)25(21)33-26(22)27(31)28(23)10-6-11-29/h5,7-8,13-16,23,29H,6,9-12H2,1-4H3/t23-/m1/s1. The number of hydrogen-bond donors (Lipinski definition) is 1. The molecule has 0 spiro atoms. The molecule has 0 aliphatic carbocycles. The van der Waals surface area contributed by atoms with E-state index < -0.39 is 6.04 Å². The highest BCUT2D eigenvalue weighted by atomic mass is 16.5. The molecule has 2 heterocycles. The van der Waals surface area contributed by atoms with E-state index >= 15 is 0 Å². The van der Waals surface area contributed by atoms with Crippen LogP contribution in [0.3, 0.4) is 0 Å². The van der Waals surface area contributed by atoms with Crippen LogP contribution < -0.4 is 10.2 Å². The number of carbonyl (C=O) groups is 1. The summed E-state index contributed by atoms with van der Waals surface area (Å²) in [6.07, 6.45) is 1.35. The second kappa shape index (κ2) is 9.40. The number of rotatable bonds is 8. The Hall–Kier alpha value is -3.12. The Labute approximate surface area is 193 Å². The van der Waals surface area contributed by atoms with E-state index in [1.54, 1.807) is 4.90 Å². The van der Waals surface area contributed by atoms with Crippen LogP contribution in [0.1, 0.15) is 65.5 Å². The molecule has 0 fully saturated rings. The lowest BCUT2D eigenvalue weighted by Crippen LogP contribution is -2.31. The molecule has 6 heteroatoms. The van der Waals surface area contributed by atoms with Gasteiger partial charge >= 0.3 is 0 Å². The molecule has 0 bridgehead atoms. The van der Waals surface area contributed by atoms with Gasteiger partial charge in [-0.2, -0.15) is 0 Å². The second-order valence-electron chi connectivity index (χ2n) is 9.21. The molecule has 0 radical (unpaired) electrons. The average molecular weight is 450 g/mol. The molecule has 1 aliphatic rings.